The van der Waals surface area contributed by atoms with Gasteiger partial charge in [0.1, 0.15) is 5.82 Å². The van der Waals surface area contributed by atoms with E-state index in [4.69, 9.17) is 0 Å². The molecule has 0 fully saturated rings. The molecule has 0 saturated carbocycles. The summed E-state index contributed by atoms with van der Waals surface area (Å²) in [6.45, 7) is 6.30. The molecule has 0 radical (unpaired) electrons. The molecule has 152 valence electrons. The van der Waals surface area contributed by atoms with Gasteiger partial charge in [0, 0.05) is 19.5 Å². The summed E-state index contributed by atoms with van der Waals surface area (Å²) in [6.07, 6.45) is 0.824. The number of carbonyl (C=O) groups excluding carboxylic acids is 1. The van der Waals surface area contributed by atoms with Crippen LogP contribution in [-0.2, 0) is 21.2 Å². The second kappa shape index (κ2) is 9.80. The van der Waals surface area contributed by atoms with Crippen LogP contribution < -0.4 is 5.32 Å². The Balaban J connectivity index is 1.95. The molecule has 5 nitrogen and oxygen atoms in total. The largest absolute Gasteiger partial charge is 0.350 e. The quantitative estimate of drug-likeness (QED) is 0.691. The van der Waals surface area contributed by atoms with Crippen LogP contribution in [0.1, 0.15) is 44.4 Å². The molecule has 0 bridgehead atoms. The maximum absolute atomic E-state index is 12.9. The normalized spacial score (nSPS) is 12.8. The van der Waals surface area contributed by atoms with Gasteiger partial charge in [0.15, 0.2) is 0 Å². The molecule has 1 amide bonds. The van der Waals surface area contributed by atoms with E-state index in [2.05, 4.69) is 5.32 Å². The van der Waals surface area contributed by atoms with Gasteiger partial charge in [0.2, 0.25) is 15.9 Å². The van der Waals surface area contributed by atoms with E-state index >= 15 is 0 Å². The average molecular weight is 407 g/mol. The van der Waals surface area contributed by atoms with Gasteiger partial charge in [-0.2, -0.15) is 4.31 Å². The molecule has 0 aliphatic rings. The third kappa shape index (κ3) is 5.62. The number of carbonyl (C=O) groups is 1. The van der Waals surface area contributed by atoms with Crippen LogP contribution in [0.5, 0.6) is 0 Å². The van der Waals surface area contributed by atoms with E-state index < -0.39 is 10.0 Å². The zero-order valence-electron chi connectivity index (χ0n) is 16.5. The van der Waals surface area contributed by atoms with Crippen LogP contribution in [0.2, 0.25) is 0 Å². The summed E-state index contributed by atoms with van der Waals surface area (Å²) in [5.74, 6) is -0.412. The fourth-order valence-corrected chi connectivity index (χ4v) is 4.40. The number of aryl methyl sites for hydroxylation is 1. The number of benzene rings is 2. The van der Waals surface area contributed by atoms with E-state index in [-0.39, 0.29) is 22.7 Å². The van der Waals surface area contributed by atoms with E-state index in [0.717, 1.165) is 11.1 Å². The summed E-state index contributed by atoms with van der Waals surface area (Å²) < 4.78 is 39.4. The molecule has 2 aromatic rings. The highest BCUT2D eigenvalue weighted by Gasteiger charge is 2.21. The summed E-state index contributed by atoms with van der Waals surface area (Å²) in [5, 5.41) is 2.91. The Morgan fingerprint density at radius 3 is 2.14 bits per heavy atom. The van der Waals surface area contributed by atoms with Crippen molar-refractivity contribution < 1.29 is 17.6 Å². The lowest BCUT2D eigenvalue weighted by molar-refractivity contribution is -0.121. The van der Waals surface area contributed by atoms with Crippen LogP contribution >= 0.6 is 0 Å². The van der Waals surface area contributed by atoms with Crippen molar-refractivity contribution in [2.75, 3.05) is 13.1 Å². The minimum Gasteiger partial charge on any atom is -0.350 e. The minimum absolute atomic E-state index is 0.114. The van der Waals surface area contributed by atoms with E-state index in [1.54, 1.807) is 50.2 Å². The smallest absolute Gasteiger partial charge is 0.243 e. The van der Waals surface area contributed by atoms with Crippen molar-refractivity contribution in [2.45, 2.75) is 44.6 Å². The summed E-state index contributed by atoms with van der Waals surface area (Å²) >= 11 is 0. The minimum atomic E-state index is -3.49. The summed E-state index contributed by atoms with van der Waals surface area (Å²) in [6, 6.07) is 12.4. The molecule has 0 aromatic heterocycles. The van der Waals surface area contributed by atoms with Crippen molar-refractivity contribution in [2.24, 2.45) is 0 Å². The third-order valence-electron chi connectivity index (χ3n) is 4.65. The standard InChI is InChI=1S/C21H27FN2O3S/c1-4-24(5-2)28(26,27)20-13-9-18(10-14-20)16(3)23-21(25)15-8-17-6-11-19(22)12-7-17/h6-7,9-14,16H,4-5,8,15H2,1-3H3,(H,23,25). The third-order valence-corrected chi connectivity index (χ3v) is 6.72. The zero-order valence-corrected chi connectivity index (χ0v) is 17.3. The number of hydrogen-bond acceptors (Lipinski definition) is 3. The van der Waals surface area contributed by atoms with Crippen LogP contribution in [0, 0.1) is 5.82 Å². The average Bonchev–Trinajstić information content (AvgIpc) is 2.68. The van der Waals surface area contributed by atoms with Gasteiger partial charge >= 0.3 is 0 Å². The second-order valence-electron chi connectivity index (χ2n) is 6.57. The predicted molar refractivity (Wildman–Crippen MR) is 108 cm³/mol. The summed E-state index contributed by atoms with van der Waals surface area (Å²) in [4.78, 5) is 12.4. The number of rotatable bonds is 9. The summed E-state index contributed by atoms with van der Waals surface area (Å²) in [7, 11) is -3.49. The molecule has 28 heavy (non-hydrogen) atoms. The maximum atomic E-state index is 12.9. The molecule has 2 rings (SSSR count). The molecule has 0 spiro atoms. The van der Waals surface area contributed by atoms with Crippen molar-refractivity contribution >= 4 is 15.9 Å². The topological polar surface area (TPSA) is 66.5 Å². The van der Waals surface area contributed by atoms with E-state index in [9.17, 15) is 17.6 Å². The first-order valence-electron chi connectivity index (χ1n) is 9.41. The highest BCUT2D eigenvalue weighted by molar-refractivity contribution is 7.89. The molecule has 0 aliphatic heterocycles. The zero-order chi connectivity index (χ0) is 20.7. The molecule has 2 aromatic carbocycles. The molecule has 1 atom stereocenters. The van der Waals surface area contributed by atoms with Crippen LogP contribution in [0.15, 0.2) is 53.4 Å². The van der Waals surface area contributed by atoms with Crippen LogP contribution in [-0.4, -0.2) is 31.7 Å². The van der Waals surface area contributed by atoms with Gasteiger partial charge in [0.05, 0.1) is 10.9 Å². The van der Waals surface area contributed by atoms with Crippen LogP contribution in [0.4, 0.5) is 4.39 Å². The maximum Gasteiger partial charge on any atom is 0.243 e. The van der Waals surface area contributed by atoms with E-state index in [0.29, 0.717) is 25.9 Å². The first-order chi connectivity index (χ1) is 13.3. The summed E-state index contributed by atoms with van der Waals surface area (Å²) in [5.41, 5.74) is 1.73. The Labute approximate surface area is 166 Å². The predicted octanol–water partition coefficient (Wildman–Crippen LogP) is 3.67. The molecule has 1 unspecified atom stereocenters. The van der Waals surface area contributed by atoms with Gasteiger partial charge < -0.3 is 5.32 Å². The number of halogens is 1. The van der Waals surface area contributed by atoms with Gasteiger partial charge in [-0.15, -0.1) is 0 Å². The van der Waals surface area contributed by atoms with Crippen molar-refractivity contribution in [1.82, 2.24) is 9.62 Å². The number of hydrogen-bond donors (Lipinski definition) is 1. The second-order valence-corrected chi connectivity index (χ2v) is 8.51. The monoisotopic (exact) mass is 406 g/mol. The lowest BCUT2D eigenvalue weighted by Gasteiger charge is -2.19. The lowest BCUT2D eigenvalue weighted by atomic mass is 10.1. The molecule has 7 heteroatoms. The molecule has 0 heterocycles. The number of nitrogens with one attached hydrogen (secondary N) is 1. The first kappa shape index (κ1) is 22.0. The van der Waals surface area contributed by atoms with Gasteiger partial charge in [0.25, 0.3) is 0 Å². The fourth-order valence-electron chi connectivity index (χ4n) is 2.95. The van der Waals surface area contributed by atoms with Gasteiger partial charge in [-0.1, -0.05) is 38.1 Å². The van der Waals surface area contributed by atoms with Crippen molar-refractivity contribution in [3.05, 3.63) is 65.5 Å². The Hall–Kier alpha value is -2.25. The molecule has 0 saturated heterocycles. The van der Waals surface area contributed by atoms with Crippen molar-refractivity contribution in [3.63, 3.8) is 0 Å². The SMILES string of the molecule is CCN(CC)S(=O)(=O)c1ccc(C(C)NC(=O)CCc2ccc(F)cc2)cc1. The number of amides is 1. The van der Waals surface area contributed by atoms with Gasteiger partial charge in [-0.05, 0) is 48.7 Å². The Bertz CT molecular complexity index is 877. The Morgan fingerprint density at radius 2 is 1.61 bits per heavy atom. The number of nitrogens with zero attached hydrogens (tertiary/aromatic N) is 1. The van der Waals surface area contributed by atoms with E-state index in [1.807, 2.05) is 6.92 Å². The Morgan fingerprint density at radius 1 is 1.04 bits per heavy atom. The van der Waals surface area contributed by atoms with Crippen molar-refractivity contribution in [3.8, 4) is 0 Å². The van der Waals surface area contributed by atoms with Gasteiger partial charge in [-0.25, -0.2) is 12.8 Å². The molecular weight excluding hydrogens is 379 g/mol. The molecule has 1 N–H and O–H groups in total. The van der Waals surface area contributed by atoms with E-state index in [1.165, 1.54) is 16.4 Å². The first-order valence-corrected chi connectivity index (χ1v) is 10.9. The van der Waals surface area contributed by atoms with Gasteiger partial charge in [-0.3, -0.25) is 4.79 Å². The molecule has 0 aliphatic carbocycles. The lowest BCUT2D eigenvalue weighted by Crippen LogP contribution is -2.30. The highest BCUT2D eigenvalue weighted by Crippen LogP contribution is 2.19. The van der Waals surface area contributed by atoms with Crippen molar-refractivity contribution in [1.29, 1.82) is 0 Å². The Kier molecular flexibility index (Phi) is 7.71. The fraction of sp³-hybridized carbons (Fsp3) is 0.381. The van der Waals surface area contributed by atoms with Crippen LogP contribution in [0.25, 0.3) is 0 Å². The van der Waals surface area contributed by atoms with Crippen LogP contribution in [0.3, 0.4) is 0 Å². The molecular formula is C21H27FN2O3S. The number of sulfonamides is 1. The highest BCUT2D eigenvalue weighted by atomic mass is 32.2.